The van der Waals surface area contributed by atoms with Gasteiger partial charge >= 0.3 is 0 Å². The van der Waals surface area contributed by atoms with Crippen LogP contribution in [-0.4, -0.2) is 47.8 Å². The number of nitrogens with zero attached hydrogens (tertiary/aromatic N) is 3. The van der Waals surface area contributed by atoms with Gasteiger partial charge in [-0.2, -0.15) is 0 Å². The maximum absolute atomic E-state index is 14.0. The first-order valence-corrected chi connectivity index (χ1v) is 8.32. The van der Waals surface area contributed by atoms with Crippen molar-refractivity contribution < 1.29 is 18.5 Å². The summed E-state index contributed by atoms with van der Waals surface area (Å²) in [7, 11) is 3.69. The highest BCUT2D eigenvalue weighted by Gasteiger charge is 2.21. The summed E-state index contributed by atoms with van der Waals surface area (Å²) in [5.41, 5.74) is 0.863. The number of likely N-dealkylation sites (N-methyl/N-ethyl adjacent to an activating group) is 1. The van der Waals surface area contributed by atoms with Crippen LogP contribution in [-0.2, 0) is 6.54 Å². The van der Waals surface area contributed by atoms with E-state index >= 15 is 0 Å². The molecule has 6 nitrogen and oxygen atoms in total. The average molecular weight is 377 g/mol. The molecule has 0 aliphatic heterocycles. The zero-order chi connectivity index (χ0) is 20.1. The number of nitro groups is 1. The van der Waals surface area contributed by atoms with Crippen LogP contribution in [0.1, 0.15) is 21.5 Å². The van der Waals surface area contributed by atoms with E-state index in [0.29, 0.717) is 24.2 Å². The van der Waals surface area contributed by atoms with E-state index in [1.54, 1.807) is 6.92 Å². The fourth-order valence-electron chi connectivity index (χ4n) is 2.60. The number of hydrogen-bond donors (Lipinski definition) is 0. The Kier molecular flexibility index (Phi) is 6.57. The minimum Gasteiger partial charge on any atom is -0.333 e. The Morgan fingerprint density at radius 3 is 2.37 bits per heavy atom. The molecule has 0 radical (unpaired) electrons. The molecule has 2 rings (SSSR count). The molecule has 0 fully saturated rings. The van der Waals surface area contributed by atoms with E-state index in [4.69, 9.17) is 0 Å². The van der Waals surface area contributed by atoms with Crippen LogP contribution in [0.2, 0.25) is 0 Å². The molecule has 8 heteroatoms. The maximum Gasteiger partial charge on any atom is 0.269 e. The van der Waals surface area contributed by atoms with Crippen molar-refractivity contribution in [3.63, 3.8) is 0 Å². The molecule has 2 aromatic rings. The molecule has 0 aromatic heterocycles. The Morgan fingerprint density at radius 1 is 1.11 bits per heavy atom. The summed E-state index contributed by atoms with van der Waals surface area (Å²) >= 11 is 0. The van der Waals surface area contributed by atoms with Crippen LogP contribution in [0.5, 0.6) is 0 Å². The van der Waals surface area contributed by atoms with Gasteiger partial charge in [0.1, 0.15) is 11.6 Å². The van der Waals surface area contributed by atoms with Crippen molar-refractivity contribution in [3.8, 4) is 0 Å². The van der Waals surface area contributed by atoms with Crippen molar-refractivity contribution >= 4 is 11.6 Å². The number of amides is 1. The lowest BCUT2D eigenvalue weighted by atomic mass is 10.1. The first-order valence-electron chi connectivity index (χ1n) is 8.32. The minimum atomic E-state index is -0.724. The predicted octanol–water partition coefficient (Wildman–Crippen LogP) is 3.39. The number of carbonyl (C=O) groups is 1. The lowest BCUT2D eigenvalue weighted by molar-refractivity contribution is -0.384. The summed E-state index contributed by atoms with van der Waals surface area (Å²) in [4.78, 5) is 26.7. The fourth-order valence-corrected chi connectivity index (χ4v) is 2.60. The van der Waals surface area contributed by atoms with Crippen molar-refractivity contribution in [1.82, 2.24) is 9.80 Å². The van der Waals surface area contributed by atoms with E-state index in [-0.39, 0.29) is 23.7 Å². The van der Waals surface area contributed by atoms with Gasteiger partial charge in [0.25, 0.3) is 11.6 Å². The number of non-ortho nitro benzene ring substituents is 1. The second-order valence-corrected chi connectivity index (χ2v) is 6.52. The van der Waals surface area contributed by atoms with Crippen LogP contribution in [0.15, 0.2) is 36.4 Å². The summed E-state index contributed by atoms with van der Waals surface area (Å²) in [6, 6.07) is 7.23. The molecule has 0 heterocycles. The van der Waals surface area contributed by atoms with Gasteiger partial charge in [-0.25, -0.2) is 8.78 Å². The zero-order valence-corrected chi connectivity index (χ0v) is 15.4. The summed E-state index contributed by atoms with van der Waals surface area (Å²) in [6.45, 7) is 2.44. The quantitative estimate of drug-likeness (QED) is 0.548. The van der Waals surface area contributed by atoms with Gasteiger partial charge in [-0.3, -0.25) is 14.9 Å². The van der Waals surface area contributed by atoms with Gasteiger partial charge in [0.15, 0.2) is 0 Å². The van der Waals surface area contributed by atoms with Crippen LogP contribution in [0.3, 0.4) is 0 Å². The molecule has 2 aromatic carbocycles. The van der Waals surface area contributed by atoms with Crippen molar-refractivity contribution in [2.75, 3.05) is 27.2 Å². The van der Waals surface area contributed by atoms with Crippen LogP contribution in [0.25, 0.3) is 0 Å². The van der Waals surface area contributed by atoms with Crippen LogP contribution in [0, 0.1) is 28.7 Å². The van der Waals surface area contributed by atoms with Gasteiger partial charge in [0.2, 0.25) is 0 Å². The first kappa shape index (κ1) is 20.4. The molecule has 0 bridgehead atoms. The molecule has 0 unspecified atom stereocenters. The molecule has 0 spiro atoms. The molecule has 0 aliphatic rings. The number of aryl methyl sites for hydroxylation is 1. The van der Waals surface area contributed by atoms with Crippen LogP contribution in [0.4, 0.5) is 14.5 Å². The smallest absolute Gasteiger partial charge is 0.269 e. The standard InChI is InChI=1S/C19H21F2N3O3/c1-13-10-16(24(26)27)6-7-17(13)19(25)23(9-8-22(2)3)12-14-4-5-15(20)11-18(14)21/h4-7,10-11H,8-9,12H2,1-3H3. The zero-order valence-electron chi connectivity index (χ0n) is 15.4. The van der Waals surface area contributed by atoms with Crippen LogP contribution < -0.4 is 0 Å². The highest BCUT2D eigenvalue weighted by molar-refractivity contribution is 5.96. The number of hydrogen-bond acceptors (Lipinski definition) is 4. The maximum atomic E-state index is 14.0. The highest BCUT2D eigenvalue weighted by Crippen LogP contribution is 2.20. The second-order valence-electron chi connectivity index (χ2n) is 6.52. The Hall–Kier alpha value is -2.87. The topological polar surface area (TPSA) is 66.7 Å². The Morgan fingerprint density at radius 2 is 1.81 bits per heavy atom. The van der Waals surface area contributed by atoms with E-state index in [9.17, 15) is 23.7 Å². The normalized spacial score (nSPS) is 10.9. The fraction of sp³-hybridized carbons (Fsp3) is 0.316. The van der Waals surface area contributed by atoms with Gasteiger partial charge in [-0.1, -0.05) is 6.07 Å². The van der Waals surface area contributed by atoms with Gasteiger partial charge in [0, 0.05) is 49.0 Å². The molecular weight excluding hydrogens is 356 g/mol. The summed E-state index contributed by atoms with van der Waals surface area (Å²) in [5.74, 6) is -1.78. The third-order valence-electron chi connectivity index (χ3n) is 4.13. The molecule has 0 saturated carbocycles. The van der Waals surface area contributed by atoms with Crippen molar-refractivity contribution in [2.45, 2.75) is 13.5 Å². The first-order chi connectivity index (χ1) is 12.7. The number of benzene rings is 2. The molecule has 0 aliphatic carbocycles. The largest absolute Gasteiger partial charge is 0.333 e. The summed E-state index contributed by atoms with van der Waals surface area (Å²) in [6.07, 6.45) is 0. The molecule has 0 saturated heterocycles. The van der Waals surface area contributed by atoms with E-state index in [1.165, 1.54) is 29.2 Å². The molecule has 0 atom stereocenters. The van der Waals surface area contributed by atoms with E-state index in [2.05, 4.69) is 0 Å². The third-order valence-corrected chi connectivity index (χ3v) is 4.13. The lowest BCUT2D eigenvalue weighted by Crippen LogP contribution is -2.36. The Labute approximate surface area is 156 Å². The second kappa shape index (κ2) is 8.68. The van der Waals surface area contributed by atoms with E-state index in [1.807, 2.05) is 19.0 Å². The van der Waals surface area contributed by atoms with E-state index < -0.39 is 16.6 Å². The van der Waals surface area contributed by atoms with Gasteiger partial charge in [0.05, 0.1) is 4.92 Å². The minimum absolute atomic E-state index is 0.0325. The molecule has 27 heavy (non-hydrogen) atoms. The number of carbonyl (C=O) groups excluding carboxylic acids is 1. The molecule has 1 amide bonds. The van der Waals surface area contributed by atoms with Gasteiger partial charge in [-0.05, 0) is 38.7 Å². The van der Waals surface area contributed by atoms with Gasteiger partial charge in [-0.15, -0.1) is 0 Å². The SMILES string of the molecule is Cc1cc([N+](=O)[O-])ccc1C(=O)N(CCN(C)C)Cc1ccc(F)cc1F. The lowest BCUT2D eigenvalue weighted by Gasteiger charge is -2.25. The molecular formula is C19H21F2N3O3. The highest BCUT2D eigenvalue weighted by atomic mass is 19.1. The number of halogens is 2. The van der Waals surface area contributed by atoms with Crippen molar-refractivity contribution in [3.05, 3.63) is 74.8 Å². The number of nitro benzene ring substituents is 1. The van der Waals surface area contributed by atoms with Crippen molar-refractivity contribution in [1.29, 1.82) is 0 Å². The van der Waals surface area contributed by atoms with E-state index in [0.717, 1.165) is 12.1 Å². The third kappa shape index (κ3) is 5.30. The Bertz CT molecular complexity index is 856. The van der Waals surface area contributed by atoms with Crippen molar-refractivity contribution in [2.24, 2.45) is 0 Å². The average Bonchev–Trinajstić information content (AvgIpc) is 2.59. The van der Waals surface area contributed by atoms with Gasteiger partial charge < -0.3 is 9.80 Å². The predicted molar refractivity (Wildman–Crippen MR) is 97.5 cm³/mol. The molecule has 0 N–H and O–H groups in total. The monoisotopic (exact) mass is 377 g/mol. The summed E-state index contributed by atoms with van der Waals surface area (Å²) < 4.78 is 27.2. The van der Waals surface area contributed by atoms with Crippen LogP contribution >= 0.6 is 0 Å². The summed E-state index contributed by atoms with van der Waals surface area (Å²) in [5, 5.41) is 10.9. The molecule has 144 valence electrons. The Balaban J connectivity index is 2.32. The number of rotatable bonds is 7.